The van der Waals surface area contributed by atoms with Gasteiger partial charge in [-0.2, -0.15) is 5.10 Å². The Labute approximate surface area is 173 Å². The summed E-state index contributed by atoms with van der Waals surface area (Å²) in [5.74, 6) is -0.290. The molecule has 3 rings (SSSR count). The maximum Gasteiger partial charge on any atom is 0.343 e. The first-order valence-electron chi connectivity index (χ1n) is 9.19. The Balaban J connectivity index is 1.54. The molecule has 1 amide bonds. The quantitative estimate of drug-likeness (QED) is 0.276. The summed E-state index contributed by atoms with van der Waals surface area (Å²) in [5, 5.41) is 3.86. The van der Waals surface area contributed by atoms with Crippen LogP contribution in [0.3, 0.4) is 0 Å². The molecule has 6 nitrogen and oxygen atoms in total. The van der Waals surface area contributed by atoms with Crippen LogP contribution in [0.4, 0.5) is 4.39 Å². The molecule has 7 heteroatoms. The molecule has 0 saturated carbocycles. The van der Waals surface area contributed by atoms with Gasteiger partial charge in [0.05, 0.1) is 18.4 Å². The number of halogens is 1. The van der Waals surface area contributed by atoms with Crippen LogP contribution in [0.2, 0.25) is 0 Å². The van der Waals surface area contributed by atoms with Gasteiger partial charge in [0.25, 0.3) is 5.91 Å². The van der Waals surface area contributed by atoms with Crippen molar-refractivity contribution in [3.63, 3.8) is 0 Å². The minimum Gasteiger partial charge on any atom is -0.494 e. The van der Waals surface area contributed by atoms with Crippen molar-refractivity contribution in [2.24, 2.45) is 5.10 Å². The predicted octanol–water partition coefficient (Wildman–Crippen LogP) is 4.21. The average molecular weight is 406 g/mol. The predicted molar refractivity (Wildman–Crippen MR) is 110 cm³/mol. The van der Waals surface area contributed by atoms with Crippen molar-refractivity contribution in [1.29, 1.82) is 0 Å². The van der Waals surface area contributed by atoms with E-state index in [-0.39, 0.29) is 0 Å². The summed E-state index contributed by atoms with van der Waals surface area (Å²) in [6.07, 6.45) is 1.44. The van der Waals surface area contributed by atoms with Crippen molar-refractivity contribution in [2.45, 2.75) is 6.92 Å². The summed E-state index contributed by atoms with van der Waals surface area (Å²) in [5.41, 5.74) is 3.76. The first-order valence-corrected chi connectivity index (χ1v) is 9.19. The van der Waals surface area contributed by atoms with Gasteiger partial charge in [0.2, 0.25) is 0 Å². The molecule has 1 N–H and O–H groups in total. The number of hydrazone groups is 1. The number of ether oxygens (including phenoxy) is 2. The fourth-order valence-electron chi connectivity index (χ4n) is 2.47. The molecule has 0 spiro atoms. The van der Waals surface area contributed by atoms with Crippen molar-refractivity contribution in [3.05, 3.63) is 95.3 Å². The van der Waals surface area contributed by atoms with Gasteiger partial charge in [0.1, 0.15) is 17.3 Å². The lowest BCUT2D eigenvalue weighted by Gasteiger charge is -2.06. The molecule has 0 aliphatic heterocycles. The Morgan fingerprint density at radius 1 is 0.900 bits per heavy atom. The molecule has 0 unspecified atom stereocenters. The van der Waals surface area contributed by atoms with E-state index in [1.165, 1.54) is 30.5 Å². The van der Waals surface area contributed by atoms with E-state index in [1.807, 2.05) is 6.92 Å². The Kier molecular flexibility index (Phi) is 6.89. The second-order valence-corrected chi connectivity index (χ2v) is 6.12. The normalized spacial score (nSPS) is 10.6. The molecular weight excluding hydrogens is 387 g/mol. The molecular formula is C23H19FN2O4. The lowest BCUT2D eigenvalue weighted by Crippen LogP contribution is -2.17. The molecule has 0 saturated heterocycles. The average Bonchev–Trinajstić information content (AvgIpc) is 2.76. The zero-order valence-corrected chi connectivity index (χ0v) is 16.2. The minimum atomic E-state index is -0.481. The second-order valence-electron chi connectivity index (χ2n) is 6.12. The Bertz CT molecular complexity index is 1030. The molecule has 0 aliphatic rings. The summed E-state index contributed by atoms with van der Waals surface area (Å²) in [4.78, 5) is 24.1. The standard InChI is InChI=1S/C23H19FN2O4/c1-2-29-20-13-7-18(8-14-20)23(28)30-21-11-3-16(4-12-21)15-25-26-22(27)17-5-9-19(24)10-6-17/h3-15H,2H2,1H3,(H,26,27)/b25-15-. The van der Waals surface area contributed by atoms with Crippen LogP contribution in [0.25, 0.3) is 0 Å². The Morgan fingerprint density at radius 2 is 1.50 bits per heavy atom. The van der Waals surface area contributed by atoms with Crippen molar-refractivity contribution >= 4 is 18.1 Å². The number of esters is 1. The van der Waals surface area contributed by atoms with Gasteiger partial charge in [-0.1, -0.05) is 0 Å². The van der Waals surface area contributed by atoms with Crippen molar-refractivity contribution in [1.82, 2.24) is 5.43 Å². The lowest BCUT2D eigenvalue weighted by molar-refractivity contribution is 0.0734. The number of nitrogens with zero attached hydrogens (tertiary/aromatic N) is 1. The highest BCUT2D eigenvalue weighted by Crippen LogP contribution is 2.16. The number of carbonyl (C=O) groups is 2. The summed E-state index contributed by atoms with van der Waals surface area (Å²) in [7, 11) is 0. The van der Waals surface area contributed by atoms with E-state index in [4.69, 9.17) is 9.47 Å². The highest BCUT2D eigenvalue weighted by Gasteiger charge is 2.09. The van der Waals surface area contributed by atoms with E-state index in [0.29, 0.717) is 34.8 Å². The summed E-state index contributed by atoms with van der Waals surface area (Å²) >= 11 is 0. The molecule has 3 aromatic carbocycles. The molecule has 0 fully saturated rings. The largest absolute Gasteiger partial charge is 0.494 e. The maximum absolute atomic E-state index is 12.9. The maximum atomic E-state index is 12.9. The van der Waals surface area contributed by atoms with Crippen molar-refractivity contribution in [3.8, 4) is 11.5 Å². The molecule has 30 heavy (non-hydrogen) atoms. The molecule has 3 aromatic rings. The number of carbonyl (C=O) groups excluding carboxylic acids is 2. The Hall–Kier alpha value is -4.00. The molecule has 0 bridgehead atoms. The fraction of sp³-hybridized carbons (Fsp3) is 0.0870. The third kappa shape index (κ3) is 5.75. The number of hydrogen-bond acceptors (Lipinski definition) is 5. The minimum absolute atomic E-state index is 0.296. The number of nitrogens with one attached hydrogen (secondary N) is 1. The van der Waals surface area contributed by atoms with Crippen LogP contribution in [-0.2, 0) is 0 Å². The third-order valence-electron chi connectivity index (χ3n) is 3.98. The molecule has 0 aliphatic carbocycles. The van der Waals surface area contributed by atoms with E-state index < -0.39 is 17.7 Å². The zero-order valence-electron chi connectivity index (χ0n) is 16.2. The topological polar surface area (TPSA) is 77.0 Å². The zero-order chi connectivity index (χ0) is 21.3. The van der Waals surface area contributed by atoms with Gasteiger partial charge < -0.3 is 9.47 Å². The number of benzene rings is 3. The highest BCUT2D eigenvalue weighted by molar-refractivity contribution is 5.95. The van der Waals surface area contributed by atoms with Crippen LogP contribution in [0.5, 0.6) is 11.5 Å². The summed E-state index contributed by atoms with van der Waals surface area (Å²) in [6.45, 7) is 2.44. The van der Waals surface area contributed by atoms with Crippen molar-refractivity contribution < 1.29 is 23.5 Å². The van der Waals surface area contributed by atoms with Crippen LogP contribution in [0.15, 0.2) is 77.9 Å². The van der Waals surface area contributed by atoms with Crippen LogP contribution < -0.4 is 14.9 Å². The van der Waals surface area contributed by atoms with Gasteiger partial charge in [-0.15, -0.1) is 0 Å². The van der Waals surface area contributed by atoms with Crippen molar-refractivity contribution in [2.75, 3.05) is 6.61 Å². The second kappa shape index (κ2) is 9.97. The van der Waals surface area contributed by atoms with Crippen LogP contribution in [0.1, 0.15) is 33.2 Å². The molecule has 0 aromatic heterocycles. The van der Waals surface area contributed by atoms with Gasteiger partial charge in [0.15, 0.2) is 0 Å². The SMILES string of the molecule is CCOc1ccc(C(=O)Oc2ccc(/C=N\NC(=O)c3ccc(F)cc3)cc2)cc1. The van der Waals surface area contributed by atoms with E-state index in [1.54, 1.807) is 48.5 Å². The molecule has 0 atom stereocenters. The van der Waals surface area contributed by atoms with Crippen LogP contribution in [0, 0.1) is 5.82 Å². The Morgan fingerprint density at radius 3 is 2.13 bits per heavy atom. The van der Waals surface area contributed by atoms with Crippen LogP contribution in [-0.4, -0.2) is 24.7 Å². The smallest absolute Gasteiger partial charge is 0.343 e. The van der Waals surface area contributed by atoms with Crippen LogP contribution >= 0.6 is 0 Å². The van der Waals surface area contributed by atoms with E-state index >= 15 is 0 Å². The number of rotatable bonds is 7. The lowest BCUT2D eigenvalue weighted by atomic mass is 10.2. The van der Waals surface area contributed by atoms with Gasteiger partial charge in [-0.05, 0) is 85.3 Å². The molecule has 152 valence electrons. The molecule has 0 heterocycles. The van der Waals surface area contributed by atoms with E-state index in [0.717, 1.165) is 0 Å². The highest BCUT2D eigenvalue weighted by atomic mass is 19.1. The van der Waals surface area contributed by atoms with E-state index in [2.05, 4.69) is 10.5 Å². The number of amides is 1. The van der Waals surface area contributed by atoms with Gasteiger partial charge in [-0.3, -0.25) is 4.79 Å². The van der Waals surface area contributed by atoms with E-state index in [9.17, 15) is 14.0 Å². The van der Waals surface area contributed by atoms with Gasteiger partial charge in [0, 0.05) is 5.56 Å². The van der Waals surface area contributed by atoms with Gasteiger partial charge in [-0.25, -0.2) is 14.6 Å². The first kappa shape index (κ1) is 20.7. The molecule has 0 radical (unpaired) electrons. The number of hydrogen-bond donors (Lipinski definition) is 1. The first-order chi connectivity index (χ1) is 14.5. The third-order valence-corrected chi connectivity index (χ3v) is 3.98. The monoisotopic (exact) mass is 406 g/mol. The fourth-order valence-corrected chi connectivity index (χ4v) is 2.47. The summed E-state index contributed by atoms with van der Waals surface area (Å²) < 4.78 is 23.6. The summed E-state index contributed by atoms with van der Waals surface area (Å²) in [6, 6.07) is 18.4. The van der Waals surface area contributed by atoms with Gasteiger partial charge >= 0.3 is 5.97 Å².